The monoisotopic (exact) mass is 375 g/mol. The van der Waals surface area contributed by atoms with Gasteiger partial charge in [0.05, 0.1) is 30.0 Å². The number of nitrogens with zero attached hydrogens (tertiary/aromatic N) is 1. The van der Waals surface area contributed by atoms with Gasteiger partial charge in [-0.2, -0.15) is 5.10 Å². The van der Waals surface area contributed by atoms with Gasteiger partial charge >= 0.3 is 0 Å². The first-order valence-electron chi connectivity index (χ1n) is 9.01. The zero-order chi connectivity index (χ0) is 19.7. The maximum atomic E-state index is 12.1. The SMILES string of the molecule is CN/C(=C(\C=N)c1ccc2c(=O)[nH]nc(CN)c2c1)c1cccc2c1COC2. The maximum absolute atomic E-state index is 12.1. The lowest BCUT2D eigenvalue weighted by Gasteiger charge is -2.16. The Morgan fingerprint density at radius 1 is 1.32 bits per heavy atom. The molecule has 0 amide bonds. The van der Waals surface area contributed by atoms with E-state index >= 15 is 0 Å². The number of benzene rings is 2. The Bertz CT molecular complexity index is 1160. The van der Waals surface area contributed by atoms with E-state index in [1.165, 1.54) is 6.21 Å². The van der Waals surface area contributed by atoms with Gasteiger partial charge in [0, 0.05) is 36.3 Å². The molecule has 0 radical (unpaired) electrons. The third-order valence-electron chi connectivity index (χ3n) is 5.08. The van der Waals surface area contributed by atoms with Crippen LogP contribution in [0.3, 0.4) is 0 Å². The molecule has 0 saturated heterocycles. The van der Waals surface area contributed by atoms with E-state index in [1.807, 2.05) is 31.3 Å². The van der Waals surface area contributed by atoms with E-state index < -0.39 is 0 Å². The third-order valence-corrected chi connectivity index (χ3v) is 5.08. The maximum Gasteiger partial charge on any atom is 0.272 e. The Labute approximate surface area is 161 Å². The van der Waals surface area contributed by atoms with E-state index in [4.69, 9.17) is 15.9 Å². The molecule has 5 N–H and O–H groups in total. The molecule has 0 unspecified atom stereocenters. The molecule has 0 spiro atoms. The summed E-state index contributed by atoms with van der Waals surface area (Å²) >= 11 is 0. The van der Waals surface area contributed by atoms with Crippen LogP contribution in [0, 0.1) is 5.41 Å². The van der Waals surface area contributed by atoms with Gasteiger partial charge in [0.1, 0.15) is 0 Å². The van der Waals surface area contributed by atoms with Gasteiger partial charge in [0.15, 0.2) is 0 Å². The van der Waals surface area contributed by atoms with E-state index in [1.54, 1.807) is 6.07 Å². The number of nitrogens with two attached hydrogens (primary N) is 1. The fourth-order valence-electron chi connectivity index (χ4n) is 3.69. The Morgan fingerprint density at radius 3 is 2.93 bits per heavy atom. The van der Waals surface area contributed by atoms with Crippen LogP contribution in [0.1, 0.15) is 27.9 Å². The molecule has 3 aromatic rings. The molecule has 4 rings (SSSR count). The number of hydrogen-bond donors (Lipinski definition) is 4. The van der Waals surface area contributed by atoms with Gasteiger partial charge in [-0.25, -0.2) is 5.10 Å². The van der Waals surface area contributed by atoms with E-state index in [0.717, 1.165) is 28.0 Å². The van der Waals surface area contributed by atoms with Crippen molar-refractivity contribution in [3.63, 3.8) is 0 Å². The zero-order valence-electron chi connectivity index (χ0n) is 15.5. The van der Waals surface area contributed by atoms with Crippen LogP contribution in [0.5, 0.6) is 0 Å². The molecule has 142 valence electrons. The smallest absolute Gasteiger partial charge is 0.272 e. The lowest BCUT2D eigenvalue weighted by molar-refractivity contribution is 0.134. The second-order valence-corrected chi connectivity index (χ2v) is 6.58. The van der Waals surface area contributed by atoms with E-state index in [0.29, 0.717) is 35.3 Å². The van der Waals surface area contributed by atoms with Crippen LogP contribution in [0.2, 0.25) is 0 Å². The van der Waals surface area contributed by atoms with Gasteiger partial charge in [0.2, 0.25) is 0 Å². The van der Waals surface area contributed by atoms with Crippen molar-refractivity contribution in [2.45, 2.75) is 19.8 Å². The number of nitrogens with one attached hydrogen (secondary N) is 3. The topological polar surface area (TPSA) is 117 Å². The fourth-order valence-corrected chi connectivity index (χ4v) is 3.69. The van der Waals surface area contributed by atoms with E-state index in [9.17, 15) is 4.79 Å². The minimum Gasteiger partial charge on any atom is -0.387 e. The second kappa shape index (κ2) is 7.38. The number of aromatic amines is 1. The first-order chi connectivity index (χ1) is 13.7. The van der Waals surface area contributed by atoms with Crippen LogP contribution < -0.4 is 16.6 Å². The van der Waals surface area contributed by atoms with E-state index in [-0.39, 0.29) is 12.1 Å². The number of allylic oxidation sites excluding steroid dienone is 1. The fraction of sp³-hybridized carbons (Fsp3) is 0.190. The number of ether oxygens (including phenoxy) is 1. The van der Waals surface area contributed by atoms with Crippen molar-refractivity contribution in [2.75, 3.05) is 7.05 Å². The minimum atomic E-state index is -0.258. The summed E-state index contributed by atoms with van der Waals surface area (Å²) in [6.45, 7) is 1.36. The van der Waals surface area contributed by atoms with Crippen LogP contribution in [0.4, 0.5) is 0 Å². The summed E-state index contributed by atoms with van der Waals surface area (Å²) in [6, 6.07) is 11.6. The van der Waals surface area contributed by atoms with Crippen LogP contribution >= 0.6 is 0 Å². The van der Waals surface area contributed by atoms with Crippen molar-refractivity contribution in [1.82, 2.24) is 15.5 Å². The number of fused-ring (bicyclic) bond motifs is 2. The van der Waals surface area contributed by atoms with Gasteiger partial charge in [-0.15, -0.1) is 0 Å². The van der Waals surface area contributed by atoms with Crippen molar-refractivity contribution in [3.05, 3.63) is 74.7 Å². The molecule has 0 bridgehead atoms. The lowest BCUT2D eigenvalue weighted by atomic mass is 9.94. The number of rotatable bonds is 5. The highest BCUT2D eigenvalue weighted by molar-refractivity contribution is 6.18. The average molecular weight is 375 g/mol. The van der Waals surface area contributed by atoms with Crippen molar-refractivity contribution >= 4 is 28.3 Å². The van der Waals surface area contributed by atoms with Gasteiger partial charge in [-0.3, -0.25) is 4.79 Å². The first-order valence-corrected chi connectivity index (χ1v) is 9.01. The summed E-state index contributed by atoms with van der Waals surface area (Å²) in [5.41, 5.74) is 11.8. The highest BCUT2D eigenvalue weighted by Gasteiger charge is 2.19. The predicted molar refractivity (Wildman–Crippen MR) is 110 cm³/mol. The average Bonchev–Trinajstić information content (AvgIpc) is 3.21. The Morgan fingerprint density at radius 2 is 2.18 bits per heavy atom. The Hall–Kier alpha value is -3.29. The summed E-state index contributed by atoms with van der Waals surface area (Å²) in [5.74, 6) is 0. The summed E-state index contributed by atoms with van der Waals surface area (Å²) < 4.78 is 5.60. The summed E-state index contributed by atoms with van der Waals surface area (Å²) in [6.07, 6.45) is 1.32. The largest absolute Gasteiger partial charge is 0.387 e. The quantitative estimate of drug-likeness (QED) is 0.403. The number of hydrogen-bond acceptors (Lipinski definition) is 6. The van der Waals surface area contributed by atoms with Gasteiger partial charge in [-0.05, 0) is 28.8 Å². The summed E-state index contributed by atoms with van der Waals surface area (Å²) in [7, 11) is 1.84. The molecular formula is C21H21N5O2. The molecule has 2 aromatic carbocycles. The van der Waals surface area contributed by atoms with E-state index in [2.05, 4.69) is 21.6 Å². The molecule has 1 aliphatic heterocycles. The zero-order valence-corrected chi connectivity index (χ0v) is 15.5. The molecule has 0 saturated carbocycles. The van der Waals surface area contributed by atoms with Crippen molar-refractivity contribution in [1.29, 1.82) is 5.41 Å². The second-order valence-electron chi connectivity index (χ2n) is 6.58. The minimum absolute atomic E-state index is 0.211. The molecule has 1 aliphatic rings. The standard InChI is InChI=1S/C21H21N5O2/c1-24-20(14-4-2-3-13-10-28-11-18(13)14)17(8-22)12-5-6-15-16(7-12)19(9-23)25-26-21(15)27/h2-8,22,24H,9-11,23H2,1H3,(H,26,27)/b20-17+,22-8?. The molecule has 7 heteroatoms. The number of H-pyrrole nitrogens is 1. The van der Waals surface area contributed by atoms with Crippen LogP contribution in [0.25, 0.3) is 22.0 Å². The molecular weight excluding hydrogens is 354 g/mol. The molecule has 28 heavy (non-hydrogen) atoms. The number of aromatic nitrogens is 2. The lowest BCUT2D eigenvalue weighted by Crippen LogP contribution is -2.14. The molecule has 1 aromatic heterocycles. The summed E-state index contributed by atoms with van der Waals surface area (Å²) in [4.78, 5) is 12.1. The Kier molecular flexibility index (Phi) is 4.77. The van der Waals surface area contributed by atoms with Gasteiger partial charge in [-0.1, -0.05) is 24.3 Å². The highest BCUT2D eigenvalue weighted by Crippen LogP contribution is 2.31. The van der Waals surface area contributed by atoms with Gasteiger partial charge < -0.3 is 21.2 Å². The van der Waals surface area contributed by atoms with Gasteiger partial charge in [0.25, 0.3) is 5.56 Å². The normalized spacial score (nSPS) is 13.9. The van der Waals surface area contributed by atoms with Crippen LogP contribution in [-0.4, -0.2) is 23.5 Å². The highest BCUT2D eigenvalue weighted by atomic mass is 16.5. The van der Waals surface area contributed by atoms with Crippen LogP contribution in [0.15, 0.2) is 41.2 Å². The third kappa shape index (κ3) is 2.90. The van der Waals surface area contributed by atoms with Crippen molar-refractivity contribution in [2.24, 2.45) is 5.73 Å². The predicted octanol–water partition coefficient (Wildman–Crippen LogP) is 2.15. The Balaban J connectivity index is 1.96. The molecule has 0 atom stereocenters. The summed E-state index contributed by atoms with van der Waals surface area (Å²) in [5, 5.41) is 19.1. The molecule has 7 nitrogen and oxygen atoms in total. The molecule has 0 aliphatic carbocycles. The molecule has 0 fully saturated rings. The van der Waals surface area contributed by atoms with Crippen molar-refractivity contribution < 1.29 is 4.74 Å². The van der Waals surface area contributed by atoms with Crippen LogP contribution in [-0.2, 0) is 24.5 Å². The van der Waals surface area contributed by atoms with Crippen molar-refractivity contribution in [3.8, 4) is 0 Å². The molecule has 2 heterocycles. The first kappa shape index (κ1) is 18.1.